The molecule has 0 saturated heterocycles. The summed E-state index contributed by atoms with van der Waals surface area (Å²) in [6, 6.07) is 8.77. The van der Waals surface area contributed by atoms with E-state index in [0.717, 1.165) is 32.1 Å². The Kier molecular flexibility index (Phi) is 6.99. The van der Waals surface area contributed by atoms with Gasteiger partial charge in [-0.05, 0) is 51.5 Å². The molecule has 0 spiro atoms. The van der Waals surface area contributed by atoms with Gasteiger partial charge in [0.15, 0.2) is 0 Å². The predicted octanol–water partition coefficient (Wildman–Crippen LogP) is 3.06. The molecule has 18 heavy (non-hydrogen) atoms. The van der Waals surface area contributed by atoms with Gasteiger partial charge in [0.05, 0.1) is 0 Å². The van der Waals surface area contributed by atoms with Gasteiger partial charge < -0.3 is 10.2 Å². The first-order valence-electron chi connectivity index (χ1n) is 7.02. The molecule has 0 aromatic heterocycles. The van der Waals surface area contributed by atoms with Gasteiger partial charge in [-0.1, -0.05) is 43.7 Å². The Morgan fingerprint density at radius 1 is 1.28 bits per heavy atom. The summed E-state index contributed by atoms with van der Waals surface area (Å²) >= 11 is 0. The number of hydrogen-bond donors (Lipinski definition) is 1. The van der Waals surface area contributed by atoms with Gasteiger partial charge in [0.1, 0.15) is 0 Å². The summed E-state index contributed by atoms with van der Waals surface area (Å²) in [5, 5.41) is 3.49. The quantitative estimate of drug-likeness (QED) is 0.711. The molecule has 1 N–H and O–H groups in total. The van der Waals surface area contributed by atoms with Crippen molar-refractivity contribution in [2.24, 2.45) is 5.92 Å². The van der Waals surface area contributed by atoms with Crippen LogP contribution in [0.15, 0.2) is 24.3 Å². The first-order chi connectivity index (χ1) is 8.58. The molecule has 0 atom stereocenters. The lowest BCUT2D eigenvalue weighted by Crippen LogP contribution is -2.26. The molecule has 2 nitrogen and oxygen atoms in total. The molecule has 2 heteroatoms. The fourth-order valence-corrected chi connectivity index (χ4v) is 2.07. The Balaban J connectivity index is 2.16. The van der Waals surface area contributed by atoms with Crippen molar-refractivity contribution >= 4 is 0 Å². The van der Waals surface area contributed by atoms with Crippen LogP contribution in [0.25, 0.3) is 0 Å². The molecule has 0 amide bonds. The van der Waals surface area contributed by atoms with Crippen LogP contribution in [0.2, 0.25) is 0 Å². The second kappa shape index (κ2) is 8.28. The summed E-state index contributed by atoms with van der Waals surface area (Å²) in [5.74, 6) is 0.745. The number of rotatable bonds is 8. The zero-order valence-electron chi connectivity index (χ0n) is 12.4. The first kappa shape index (κ1) is 15.2. The summed E-state index contributed by atoms with van der Waals surface area (Å²) in [7, 11) is 2.20. The van der Waals surface area contributed by atoms with Gasteiger partial charge in [0.25, 0.3) is 0 Å². The largest absolute Gasteiger partial charge is 0.316 e. The van der Waals surface area contributed by atoms with Crippen LogP contribution >= 0.6 is 0 Å². The van der Waals surface area contributed by atoms with Crippen molar-refractivity contribution in [3.8, 4) is 0 Å². The minimum absolute atomic E-state index is 0.745. The van der Waals surface area contributed by atoms with E-state index < -0.39 is 0 Å². The Labute approximate surface area is 112 Å². The molecular weight excluding hydrogens is 220 g/mol. The van der Waals surface area contributed by atoms with Crippen molar-refractivity contribution in [1.29, 1.82) is 0 Å². The molecule has 1 aromatic rings. The Hall–Kier alpha value is -0.860. The lowest BCUT2D eigenvalue weighted by molar-refractivity contribution is 0.318. The highest BCUT2D eigenvalue weighted by Gasteiger charge is 2.00. The fourth-order valence-electron chi connectivity index (χ4n) is 2.07. The highest BCUT2D eigenvalue weighted by atomic mass is 15.1. The highest BCUT2D eigenvalue weighted by Crippen LogP contribution is 2.06. The van der Waals surface area contributed by atoms with Crippen LogP contribution in [0, 0.1) is 12.8 Å². The number of hydrogen-bond acceptors (Lipinski definition) is 2. The van der Waals surface area contributed by atoms with Gasteiger partial charge in [-0.25, -0.2) is 0 Å². The fraction of sp³-hybridized carbons (Fsp3) is 0.625. The van der Waals surface area contributed by atoms with Gasteiger partial charge in [0.2, 0.25) is 0 Å². The Bertz CT molecular complexity index is 334. The topological polar surface area (TPSA) is 15.3 Å². The molecule has 0 unspecified atom stereocenters. The zero-order valence-corrected chi connectivity index (χ0v) is 12.4. The molecule has 0 fully saturated rings. The zero-order chi connectivity index (χ0) is 13.4. The van der Waals surface area contributed by atoms with Crippen LogP contribution in [0.5, 0.6) is 0 Å². The summed E-state index contributed by atoms with van der Waals surface area (Å²) in [5.41, 5.74) is 2.76. The second-order valence-corrected chi connectivity index (χ2v) is 5.68. The third kappa shape index (κ3) is 6.77. The van der Waals surface area contributed by atoms with E-state index >= 15 is 0 Å². The molecule has 0 aliphatic rings. The maximum absolute atomic E-state index is 3.49. The van der Waals surface area contributed by atoms with Crippen LogP contribution < -0.4 is 5.32 Å². The molecule has 0 saturated carbocycles. The normalized spacial score (nSPS) is 11.4. The van der Waals surface area contributed by atoms with Crippen molar-refractivity contribution < 1.29 is 0 Å². The Morgan fingerprint density at radius 3 is 2.72 bits per heavy atom. The van der Waals surface area contributed by atoms with E-state index in [1.807, 2.05) is 0 Å². The van der Waals surface area contributed by atoms with E-state index in [2.05, 4.69) is 62.3 Å². The van der Waals surface area contributed by atoms with Gasteiger partial charge in [-0.2, -0.15) is 0 Å². The molecule has 0 aliphatic carbocycles. The maximum atomic E-state index is 3.49. The number of nitrogens with one attached hydrogen (secondary N) is 1. The SMILES string of the molecule is Cc1cccc(CN(C)CCCNCC(C)C)c1. The number of aryl methyl sites for hydroxylation is 1. The van der Waals surface area contributed by atoms with Crippen molar-refractivity contribution in [1.82, 2.24) is 10.2 Å². The first-order valence-corrected chi connectivity index (χ1v) is 7.02. The minimum atomic E-state index is 0.745. The highest BCUT2D eigenvalue weighted by molar-refractivity contribution is 5.21. The smallest absolute Gasteiger partial charge is 0.0230 e. The van der Waals surface area contributed by atoms with E-state index in [1.165, 1.54) is 17.5 Å². The molecule has 0 aliphatic heterocycles. The average Bonchev–Trinajstić information content (AvgIpc) is 2.28. The summed E-state index contributed by atoms with van der Waals surface area (Å²) in [4.78, 5) is 2.39. The summed E-state index contributed by atoms with van der Waals surface area (Å²) in [6.07, 6.45) is 1.22. The molecule has 0 bridgehead atoms. The van der Waals surface area contributed by atoms with E-state index in [-0.39, 0.29) is 0 Å². The van der Waals surface area contributed by atoms with Crippen molar-refractivity contribution in [3.63, 3.8) is 0 Å². The predicted molar refractivity (Wildman–Crippen MR) is 79.8 cm³/mol. The van der Waals surface area contributed by atoms with E-state index in [4.69, 9.17) is 0 Å². The van der Waals surface area contributed by atoms with E-state index in [1.54, 1.807) is 0 Å². The van der Waals surface area contributed by atoms with Gasteiger partial charge in [-0.3, -0.25) is 0 Å². The molecule has 0 radical (unpaired) electrons. The molecule has 1 aromatic carbocycles. The summed E-state index contributed by atoms with van der Waals surface area (Å²) < 4.78 is 0. The third-order valence-corrected chi connectivity index (χ3v) is 2.98. The third-order valence-electron chi connectivity index (χ3n) is 2.98. The van der Waals surface area contributed by atoms with Crippen LogP contribution in [0.1, 0.15) is 31.4 Å². The maximum Gasteiger partial charge on any atom is 0.0230 e. The van der Waals surface area contributed by atoms with Crippen LogP contribution in [-0.2, 0) is 6.54 Å². The lowest BCUT2D eigenvalue weighted by atomic mass is 10.1. The average molecular weight is 248 g/mol. The van der Waals surface area contributed by atoms with Crippen LogP contribution in [-0.4, -0.2) is 31.6 Å². The molecular formula is C16H28N2. The van der Waals surface area contributed by atoms with Crippen molar-refractivity contribution in [2.75, 3.05) is 26.7 Å². The standard InChI is InChI=1S/C16H28N2/c1-14(2)12-17-9-6-10-18(4)13-16-8-5-7-15(3)11-16/h5,7-8,11,14,17H,6,9-10,12-13H2,1-4H3. The molecule has 0 heterocycles. The van der Waals surface area contributed by atoms with Gasteiger partial charge >= 0.3 is 0 Å². The molecule has 1 rings (SSSR count). The van der Waals surface area contributed by atoms with Crippen LogP contribution in [0.3, 0.4) is 0 Å². The lowest BCUT2D eigenvalue weighted by Gasteiger charge is -2.17. The van der Waals surface area contributed by atoms with Gasteiger partial charge in [0, 0.05) is 6.54 Å². The Morgan fingerprint density at radius 2 is 2.06 bits per heavy atom. The minimum Gasteiger partial charge on any atom is -0.316 e. The van der Waals surface area contributed by atoms with Crippen molar-refractivity contribution in [3.05, 3.63) is 35.4 Å². The molecule has 102 valence electrons. The second-order valence-electron chi connectivity index (χ2n) is 5.68. The van der Waals surface area contributed by atoms with Crippen molar-refractivity contribution in [2.45, 2.75) is 33.7 Å². The monoisotopic (exact) mass is 248 g/mol. The van der Waals surface area contributed by atoms with E-state index in [9.17, 15) is 0 Å². The summed E-state index contributed by atoms with van der Waals surface area (Å²) in [6.45, 7) is 11.1. The van der Waals surface area contributed by atoms with Gasteiger partial charge in [-0.15, -0.1) is 0 Å². The van der Waals surface area contributed by atoms with Crippen LogP contribution in [0.4, 0.5) is 0 Å². The number of nitrogens with zero attached hydrogens (tertiary/aromatic N) is 1. The van der Waals surface area contributed by atoms with E-state index in [0.29, 0.717) is 0 Å². The number of benzene rings is 1.